The molecule has 0 unspecified atom stereocenters. The molecule has 0 aromatic carbocycles. The van der Waals surface area contributed by atoms with Gasteiger partial charge >= 0.3 is 0 Å². The van der Waals surface area contributed by atoms with Crippen LogP contribution in [0.25, 0.3) is 0 Å². The van der Waals surface area contributed by atoms with Crippen LogP contribution in [0.5, 0.6) is 0 Å². The molecule has 6 nitrogen and oxygen atoms in total. The Morgan fingerprint density at radius 3 is 0.469 bits per heavy atom. The van der Waals surface area contributed by atoms with E-state index >= 15 is 0 Å². The van der Waals surface area contributed by atoms with E-state index < -0.39 is 12.2 Å². The van der Waals surface area contributed by atoms with Crippen LogP contribution in [0.1, 0.15) is 310 Å². The second-order valence-electron chi connectivity index (χ2n) is 19.7. The van der Waals surface area contributed by atoms with E-state index in [1.165, 1.54) is 257 Å². The van der Waals surface area contributed by atoms with Crippen LogP contribution in [0.3, 0.4) is 0 Å². The maximum atomic E-state index is 9.95. The van der Waals surface area contributed by atoms with Crippen LogP contribution < -0.4 is 0 Å². The SMILES string of the molecule is CCCCCCCCCCCCCOCC(O)COCCCCCCCCCCCCC.CCCCCCCCCCCCCOCC(O)COCCCCCCCCCCCCC. The van der Waals surface area contributed by atoms with E-state index in [4.69, 9.17) is 18.9 Å². The highest BCUT2D eigenvalue weighted by molar-refractivity contribution is 4.56. The molecule has 0 amide bonds. The molecule has 0 spiro atoms. The largest absolute Gasteiger partial charge is 0.388 e. The minimum atomic E-state index is -0.476. The molecule has 0 fully saturated rings. The Labute approximate surface area is 403 Å². The maximum Gasteiger partial charge on any atom is 0.101 e. The summed E-state index contributed by atoms with van der Waals surface area (Å²) in [4.78, 5) is 0. The Morgan fingerprint density at radius 1 is 0.203 bits per heavy atom. The van der Waals surface area contributed by atoms with Crippen molar-refractivity contribution in [2.45, 2.75) is 322 Å². The van der Waals surface area contributed by atoms with E-state index in [-0.39, 0.29) is 0 Å². The van der Waals surface area contributed by atoms with Gasteiger partial charge in [-0.25, -0.2) is 0 Å². The number of aliphatic hydroxyl groups excluding tert-OH is 2. The zero-order chi connectivity index (χ0) is 46.8. The third-order valence-corrected chi connectivity index (χ3v) is 12.8. The Hall–Kier alpha value is -0.240. The molecule has 0 aliphatic heterocycles. The lowest BCUT2D eigenvalue weighted by molar-refractivity contribution is -0.0201. The number of ether oxygens (including phenoxy) is 4. The highest BCUT2D eigenvalue weighted by Gasteiger charge is 2.06. The molecule has 0 aliphatic rings. The molecule has 0 rings (SSSR count). The summed E-state index contributed by atoms with van der Waals surface area (Å²) >= 11 is 0. The highest BCUT2D eigenvalue weighted by Crippen LogP contribution is 2.15. The Bertz CT molecular complexity index is 645. The predicted molar refractivity (Wildman–Crippen MR) is 281 cm³/mol. The van der Waals surface area contributed by atoms with E-state index in [1.54, 1.807) is 0 Å². The molecule has 0 bridgehead atoms. The van der Waals surface area contributed by atoms with Crippen LogP contribution in [0.4, 0.5) is 0 Å². The average Bonchev–Trinajstić information content (AvgIpc) is 3.30. The molecule has 0 aromatic heterocycles. The second kappa shape index (κ2) is 62.8. The minimum Gasteiger partial charge on any atom is -0.388 e. The molecule has 64 heavy (non-hydrogen) atoms. The molecule has 6 heteroatoms. The fourth-order valence-electron chi connectivity index (χ4n) is 8.45. The Balaban J connectivity index is 0. The number of aliphatic hydroxyl groups is 2. The van der Waals surface area contributed by atoms with Gasteiger partial charge in [-0.1, -0.05) is 285 Å². The van der Waals surface area contributed by atoms with Crippen molar-refractivity contribution in [3.8, 4) is 0 Å². The first-order valence-corrected chi connectivity index (χ1v) is 29.3. The zero-order valence-corrected chi connectivity index (χ0v) is 44.5. The van der Waals surface area contributed by atoms with E-state index in [0.717, 1.165) is 52.1 Å². The molecule has 0 saturated carbocycles. The van der Waals surface area contributed by atoms with Gasteiger partial charge in [-0.05, 0) is 25.7 Å². The number of hydrogen-bond acceptors (Lipinski definition) is 6. The monoisotopic (exact) mass is 913 g/mol. The normalized spacial score (nSPS) is 11.6. The van der Waals surface area contributed by atoms with Gasteiger partial charge in [0.1, 0.15) is 12.2 Å². The van der Waals surface area contributed by atoms with Gasteiger partial charge in [0, 0.05) is 26.4 Å². The lowest BCUT2D eigenvalue weighted by atomic mass is 10.1. The van der Waals surface area contributed by atoms with Gasteiger partial charge in [0.15, 0.2) is 0 Å². The third kappa shape index (κ3) is 63.8. The average molecular weight is 914 g/mol. The molecule has 0 aliphatic carbocycles. The molecular formula is C58H120O6. The van der Waals surface area contributed by atoms with E-state index in [1.807, 2.05) is 0 Å². The minimum absolute atomic E-state index is 0.413. The first kappa shape index (κ1) is 65.8. The van der Waals surface area contributed by atoms with Crippen LogP contribution in [0.15, 0.2) is 0 Å². The number of hydrogen-bond donors (Lipinski definition) is 2. The summed E-state index contributed by atoms with van der Waals surface area (Å²) in [5.74, 6) is 0. The molecule has 0 atom stereocenters. The highest BCUT2D eigenvalue weighted by atomic mass is 16.5. The summed E-state index contributed by atoms with van der Waals surface area (Å²) in [5, 5.41) is 19.9. The van der Waals surface area contributed by atoms with E-state index in [9.17, 15) is 10.2 Å². The fourth-order valence-corrected chi connectivity index (χ4v) is 8.45. The van der Waals surface area contributed by atoms with E-state index in [2.05, 4.69) is 27.7 Å². The van der Waals surface area contributed by atoms with Crippen LogP contribution in [-0.4, -0.2) is 75.3 Å². The molecule has 0 heterocycles. The lowest BCUT2D eigenvalue weighted by Gasteiger charge is -2.12. The molecule has 2 N–H and O–H groups in total. The van der Waals surface area contributed by atoms with Crippen LogP contribution in [0.2, 0.25) is 0 Å². The molecule has 0 radical (unpaired) electrons. The van der Waals surface area contributed by atoms with Crippen LogP contribution >= 0.6 is 0 Å². The topological polar surface area (TPSA) is 77.4 Å². The molecular weight excluding hydrogens is 793 g/mol. The zero-order valence-electron chi connectivity index (χ0n) is 44.5. The summed E-state index contributed by atoms with van der Waals surface area (Å²) in [6.45, 7) is 13.8. The maximum absolute atomic E-state index is 9.95. The second-order valence-corrected chi connectivity index (χ2v) is 19.7. The fraction of sp³-hybridized carbons (Fsp3) is 1.00. The summed E-state index contributed by atoms with van der Waals surface area (Å²) in [7, 11) is 0. The predicted octanol–water partition coefficient (Wildman–Crippen LogP) is 18.0. The summed E-state index contributed by atoms with van der Waals surface area (Å²) in [6.07, 6.45) is 58.5. The summed E-state index contributed by atoms with van der Waals surface area (Å²) < 4.78 is 22.4. The van der Waals surface area contributed by atoms with Gasteiger partial charge in [-0.15, -0.1) is 0 Å². The van der Waals surface area contributed by atoms with Crippen molar-refractivity contribution in [2.24, 2.45) is 0 Å². The number of rotatable bonds is 56. The third-order valence-electron chi connectivity index (χ3n) is 12.8. The van der Waals surface area contributed by atoms with Crippen molar-refractivity contribution < 1.29 is 29.2 Å². The van der Waals surface area contributed by atoms with Crippen LogP contribution in [0, 0.1) is 0 Å². The van der Waals surface area contributed by atoms with Crippen LogP contribution in [-0.2, 0) is 18.9 Å². The van der Waals surface area contributed by atoms with Crippen molar-refractivity contribution in [3.63, 3.8) is 0 Å². The summed E-state index contributed by atoms with van der Waals surface area (Å²) in [5.41, 5.74) is 0. The Kier molecular flexibility index (Phi) is 64.6. The quantitative estimate of drug-likeness (QED) is 0.0592. The molecule has 388 valence electrons. The van der Waals surface area contributed by atoms with Gasteiger partial charge in [0.2, 0.25) is 0 Å². The standard InChI is InChI=1S/2C29H60O3/c2*1-3-5-7-9-11-13-15-17-19-21-23-25-31-27-29(30)28-32-26-24-22-20-18-16-14-12-10-8-6-4-2/h2*29-30H,3-28H2,1-2H3. The van der Waals surface area contributed by atoms with Crippen molar-refractivity contribution in [1.29, 1.82) is 0 Å². The first-order valence-electron chi connectivity index (χ1n) is 29.3. The van der Waals surface area contributed by atoms with Crippen molar-refractivity contribution >= 4 is 0 Å². The molecule has 0 saturated heterocycles. The van der Waals surface area contributed by atoms with Crippen molar-refractivity contribution in [3.05, 3.63) is 0 Å². The van der Waals surface area contributed by atoms with Crippen molar-refractivity contribution in [1.82, 2.24) is 0 Å². The lowest BCUT2D eigenvalue weighted by Crippen LogP contribution is -2.22. The van der Waals surface area contributed by atoms with E-state index in [0.29, 0.717) is 26.4 Å². The Morgan fingerprint density at radius 2 is 0.328 bits per heavy atom. The first-order chi connectivity index (χ1) is 31.6. The smallest absolute Gasteiger partial charge is 0.101 e. The summed E-state index contributed by atoms with van der Waals surface area (Å²) in [6, 6.07) is 0. The molecule has 0 aromatic rings. The number of unbranched alkanes of at least 4 members (excludes halogenated alkanes) is 40. The van der Waals surface area contributed by atoms with Gasteiger partial charge < -0.3 is 29.2 Å². The van der Waals surface area contributed by atoms with Gasteiger partial charge in [0.25, 0.3) is 0 Å². The van der Waals surface area contributed by atoms with Gasteiger partial charge in [-0.2, -0.15) is 0 Å². The van der Waals surface area contributed by atoms with Crippen molar-refractivity contribution in [2.75, 3.05) is 52.9 Å². The van der Waals surface area contributed by atoms with Gasteiger partial charge in [-0.3, -0.25) is 0 Å². The van der Waals surface area contributed by atoms with Gasteiger partial charge in [0.05, 0.1) is 26.4 Å².